The van der Waals surface area contributed by atoms with Gasteiger partial charge in [0.15, 0.2) is 0 Å². The Labute approximate surface area is 195 Å². The summed E-state index contributed by atoms with van der Waals surface area (Å²) >= 11 is 6.01. The van der Waals surface area contributed by atoms with Gasteiger partial charge in [0, 0.05) is 36.0 Å². The van der Waals surface area contributed by atoms with E-state index in [4.69, 9.17) is 21.1 Å². The van der Waals surface area contributed by atoms with E-state index in [1.54, 1.807) is 0 Å². The monoisotopic (exact) mass is 459 g/mol. The molecule has 1 N–H and O–H groups in total. The summed E-state index contributed by atoms with van der Waals surface area (Å²) in [5.74, 6) is 0.560. The zero-order chi connectivity index (χ0) is 22.3. The van der Waals surface area contributed by atoms with Crippen LogP contribution in [0, 0.1) is 23.2 Å². The number of carbonyl (C=O) groups excluding carboxylic acids is 1. The van der Waals surface area contributed by atoms with Crippen LogP contribution >= 0.6 is 11.6 Å². The van der Waals surface area contributed by atoms with Crippen LogP contribution < -0.4 is 0 Å². The van der Waals surface area contributed by atoms with Crippen LogP contribution in [-0.2, 0) is 19.9 Å². The SMILES string of the molecule is C[C@H]1CCC[C@]2(C)C[C@H]3OC(=O)[C@H](CN4CCC(O)(c5ccc(Cl)cc5)CC4)[C@H]3[C@@H]3O[C@]132. The van der Waals surface area contributed by atoms with Gasteiger partial charge in [0.1, 0.15) is 11.7 Å². The molecule has 0 aromatic heterocycles. The van der Waals surface area contributed by atoms with E-state index >= 15 is 0 Å². The Morgan fingerprint density at radius 1 is 1.19 bits per heavy atom. The molecule has 3 heterocycles. The van der Waals surface area contributed by atoms with Crippen LogP contribution in [0.2, 0.25) is 5.02 Å². The fourth-order valence-electron chi connectivity index (χ4n) is 7.88. The van der Waals surface area contributed by atoms with E-state index in [9.17, 15) is 9.90 Å². The van der Waals surface area contributed by atoms with Gasteiger partial charge in [-0.3, -0.25) is 4.79 Å². The molecule has 174 valence electrons. The molecule has 7 atom stereocenters. The predicted molar refractivity (Wildman–Crippen MR) is 121 cm³/mol. The number of benzene rings is 1. The number of nitrogens with zero attached hydrogens (tertiary/aromatic N) is 1. The first-order valence-electron chi connectivity index (χ1n) is 12.3. The van der Waals surface area contributed by atoms with Gasteiger partial charge in [-0.05, 0) is 55.7 Å². The van der Waals surface area contributed by atoms with Crippen molar-refractivity contribution in [3.05, 3.63) is 34.9 Å². The van der Waals surface area contributed by atoms with E-state index in [1.165, 1.54) is 19.3 Å². The number of epoxide rings is 1. The molecule has 6 heteroatoms. The Bertz CT molecular complexity index is 913. The molecule has 1 spiro atoms. The normalized spacial score (nSPS) is 44.9. The Kier molecular flexibility index (Phi) is 4.80. The number of hydrogen-bond donors (Lipinski definition) is 1. The smallest absolute Gasteiger partial charge is 0.311 e. The van der Waals surface area contributed by atoms with Crippen molar-refractivity contribution in [1.82, 2.24) is 4.90 Å². The predicted octanol–water partition coefficient (Wildman–Crippen LogP) is 4.15. The Morgan fingerprint density at radius 3 is 2.62 bits per heavy atom. The first-order valence-corrected chi connectivity index (χ1v) is 12.7. The summed E-state index contributed by atoms with van der Waals surface area (Å²) in [6, 6.07) is 7.52. The van der Waals surface area contributed by atoms with Crippen molar-refractivity contribution in [3.63, 3.8) is 0 Å². The molecule has 2 aliphatic carbocycles. The third-order valence-electron chi connectivity index (χ3n) is 9.71. The number of aliphatic hydroxyl groups is 1. The summed E-state index contributed by atoms with van der Waals surface area (Å²) in [4.78, 5) is 15.3. The van der Waals surface area contributed by atoms with Gasteiger partial charge in [-0.1, -0.05) is 44.0 Å². The highest BCUT2D eigenvalue weighted by Crippen LogP contribution is 2.70. The molecule has 1 aromatic rings. The molecule has 5 nitrogen and oxygen atoms in total. The summed E-state index contributed by atoms with van der Waals surface area (Å²) in [5.41, 5.74) is 0.183. The number of hydrogen-bond acceptors (Lipinski definition) is 5. The molecule has 0 radical (unpaired) electrons. The summed E-state index contributed by atoms with van der Waals surface area (Å²) in [6.07, 6.45) is 6.05. The molecule has 0 amide bonds. The summed E-state index contributed by atoms with van der Waals surface area (Å²) in [6.45, 7) is 6.95. The quantitative estimate of drug-likeness (QED) is 0.543. The standard InChI is InChI=1S/C26H34ClNO4/c1-16-4-3-9-24(2)14-20-21(22-26(16,24)32-22)19(23(29)31-20)15-28-12-10-25(30,11-13-28)17-5-7-18(27)8-6-17/h5-8,16,19-22,30H,3-4,9-15H2,1-2H3/t16-,19+,20+,21+,22-,24+,26+/m0/s1. The highest BCUT2D eigenvalue weighted by Gasteiger charge is 2.78. The summed E-state index contributed by atoms with van der Waals surface area (Å²) < 4.78 is 12.5. The lowest BCUT2D eigenvalue weighted by Crippen LogP contribution is -2.55. The number of piperidine rings is 1. The minimum Gasteiger partial charge on any atom is -0.462 e. The summed E-state index contributed by atoms with van der Waals surface area (Å²) in [5, 5.41) is 11.9. The minimum atomic E-state index is -0.826. The Balaban J connectivity index is 1.15. The van der Waals surface area contributed by atoms with Gasteiger partial charge < -0.3 is 19.5 Å². The van der Waals surface area contributed by atoms with E-state index in [2.05, 4.69) is 18.7 Å². The zero-order valence-electron chi connectivity index (χ0n) is 19.1. The molecule has 2 saturated carbocycles. The highest BCUT2D eigenvalue weighted by atomic mass is 35.5. The maximum absolute atomic E-state index is 13.0. The third kappa shape index (κ3) is 2.97. The number of halogens is 1. The fourth-order valence-corrected chi connectivity index (χ4v) is 8.00. The first kappa shape index (κ1) is 21.4. The van der Waals surface area contributed by atoms with E-state index < -0.39 is 5.60 Å². The van der Waals surface area contributed by atoms with Crippen LogP contribution in [0.3, 0.4) is 0 Å². The minimum absolute atomic E-state index is 0.000727. The van der Waals surface area contributed by atoms with E-state index in [-0.39, 0.29) is 41.0 Å². The average Bonchev–Trinajstić information content (AvgIpc) is 3.44. The van der Waals surface area contributed by atoms with Crippen molar-refractivity contribution in [2.45, 2.75) is 75.8 Å². The van der Waals surface area contributed by atoms with E-state index in [0.717, 1.165) is 25.1 Å². The van der Waals surface area contributed by atoms with Crippen molar-refractivity contribution in [3.8, 4) is 0 Å². The Morgan fingerprint density at radius 2 is 1.91 bits per heavy atom. The molecule has 3 aliphatic heterocycles. The molecule has 6 rings (SSSR count). The summed E-state index contributed by atoms with van der Waals surface area (Å²) in [7, 11) is 0. The molecule has 32 heavy (non-hydrogen) atoms. The van der Waals surface area contributed by atoms with Crippen molar-refractivity contribution in [2.75, 3.05) is 19.6 Å². The number of likely N-dealkylation sites (tertiary alicyclic amines) is 1. The van der Waals surface area contributed by atoms with Gasteiger partial charge in [-0.25, -0.2) is 0 Å². The van der Waals surface area contributed by atoms with Gasteiger partial charge in [-0.2, -0.15) is 0 Å². The van der Waals surface area contributed by atoms with Crippen LogP contribution in [0.5, 0.6) is 0 Å². The first-order chi connectivity index (χ1) is 15.3. The van der Waals surface area contributed by atoms with Crippen LogP contribution in [-0.4, -0.2) is 53.4 Å². The second kappa shape index (κ2) is 7.18. The van der Waals surface area contributed by atoms with Crippen LogP contribution in [0.15, 0.2) is 24.3 Å². The highest BCUT2D eigenvalue weighted by molar-refractivity contribution is 6.30. The largest absolute Gasteiger partial charge is 0.462 e. The van der Waals surface area contributed by atoms with Gasteiger partial charge in [0.2, 0.25) is 0 Å². The second-order valence-corrected chi connectivity index (χ2v) is 11.8. The van der Waals surface area contributed by atoms with Crippen LogP contribution in [0.1, 0.15) is 57.9 Å². The molecule has 5 aliphatic rings. The molecule has 0 bridgehead atoms. The van der Waals surface area contributed by atoms with Crippen LogP contribution in [0.4, 0.5) is 0 Å². The van der Waals surface area contributed by atoms with Gasteiger partial charge in [0.25, 0.3) is 0 Å². The maximum atomic E-state index is 13.0. The molecule has 5 fully saturated rings. The lowest BCUT2D eigenvalue weighted by atomic mass is 9.53. The third-order valence-corrected chi connectivity index (χ3v) is 9.97. The average molecular weight is 460 g/mol. The lowest BCUT2D eigenvalue weighted by molar-refractivity contribution is -0.147. The number of fused-ring (bicyclic) bond motifs is 2. The van der Waals surface area contributed by atoms with Gasteiger partial charge in [0.05, 0.1) is 17.6 Å². The van der Waals surface area contributed by atoms with Gasteiger partial charge >= 0.3 is 5.97 Å². The van der Waals surface area contributed by atoms with Gasteiger partial charge in [-0.15, -0.1) is 0 Å². The number of esters is 1. The number of rotatable bonds is 3. The fraction of sp³-hybridized carbons (Fsp3) is 0.731. The van der Waals surface area contributed by atoms with E-state index in [1.807, 2.05) is 24.3 Å². The molecular weight excluding hydrogens is 426 g/mol. The number of ether oxygens (including phenoxy) is 2. The second-order valence-electron chi connectivity index (χ2n) is 11.4. The van der Waals surface area contributed by atoms with Crippen LogP contribution in [0.25, 0.3) is 0 Å². The lowest BCUT2D eigenvalue weighted by Gasteiger charge is -2.49. The zero-order valence-corrected chi connectivity index (χ0v) is 19.8. The topological polar surface area (TPSA) is 62.3 Å². The number of carbonyl (C=O) groups is 1. The van der Waals surface area contributed by atoms with Crippen molar-refractivity contribution in [2.24, 2.45) is 23.2 Å². The van der Waals surface area contributed by atoms with Crippen molar-refractivity contribution < 1.29 is 19.4 Å². The molecule has 0 unspecified atom stereocenters. The van der Waals surface area contributed by atoms with E-state index in [0.29, 0.717) is 30.3 Å². The Hall–Kier alpha value is -1.14. The molecule has 3 saturated heterocycles. The van der Waals surface area contributed by atoms with Crippen molar-refractivity contribution in [1.29, 1.82) is 0 Å². The molecular formula is C26H34ClNO4. The maximum Gasteiger partial charge on any atom is 0.311 e. The molecule has 1 aromatic carbocycles. The van der Waals surface area contributed by atoms with Crippen molar-refractivity contribution >= 4 is 17.6 Å².